The lowest BCUT2D eigenvalue weighted by Gasteiger charge is -2.02. The van der Waals surface area contributed by atoms with Crippen LogP contribution in [0.3, 0.4) is 0 Å². The number of rotatable bonds is 1. The summed E-state index contributed by atoms with van der Waals surface area (Å²) in [5.74, 6) is 0.556. The molecule has 3 heteroatoms. The van der Waals surface area contributed by atoms with Crippen molar-refractivity contribution in [3.05, 3.63) is 29.8 Å². The van der Waals surface area contributed by atoms with Gasteiger partial charge in [0, 0.05) is 7.05 Å². The molecule has 0 saturated carbocycles. The molecule has 1 N–H and O–H groups in total. The van der Waals surface area contributed by atoms with Crippen molar-refractivity contribution in [3.8, 4) is 5.75 Å². The highest BCUT2D eigenvalue weighted by Gasteiger charge is 1.98. The van der Waals surface area contributed by atoms with E-state index in [-0.39, 0.29) is 0 Å². The molecule has 14 heavy (non-hydrogen) atoms. The number of hydrogen-bond donors (Lipinski definition) is 1. The van der Waals surface area contributed by atoms with Crippen molar-refractivity contribution in [3.63, 3.8) is 0 Å². The van der Waals surface area contributed by atoms with Crippen LogP contribution in [0.15, 0.2) is 24.3 Å². The van der Waals surface area contributed by atoms with Gasteiger partial charge in [-0.2, -0.15) is 0 Å². The van der Waals surface area contributed by atoms with Gasteiger partial charge in [-0.05, 0) is 19.1 Å². The first-order valence-electron chi connectivity index (χ1n) is 4.68. The fraction of sp³-hybridized carbons (Fsp3) is 0.364. The van der Waals surface area contributed by atoms with Crippen LogP contribution in [0, 0.1) is 6.92 Å². The van der Waals surface area contributed by atoms with Gasteiger partial charge in [0.2, 0.25) is 0 Å². The lowest BCUT2D eigenvalue weighted by molar-refractivity contribution is 0.203. The van der Waals surface area contributed by atoms with Crippen LogP contribution in [-0.2, 0) is 0 Å². The molecule has 0 saturated heterocycles. The maximum Gasteiger partial charge on any atom is 0.412 e. The van der Waals surface area contributed by atoms with E-state index in [9.17, 15) is 4.79 Å². The van der Waals surface area contributed by atoms with Gasteiger partial charge < -0.3 is 10.1 Å². The van der Waals surface area contributed by atoms with Crippen LogP contribution in [0.1, 0.15) is 19.4 Å². The first-order chi connectivity index (χ1) is 6.72. The van der Waals surface area contributed by atoms with Gasteiger partial charge in [-0.3, -0.25) is 0 Å². The molecule has 0 atom stereocenters. The third-order valence-electron chi connectivity index (χ3n) is 1.44. The molecular formula is C11H17NO2. The summed E-state index contributed by atoms with van der Waals surface area (Å²) in [4.78, 5) is 10.7. The quantitative estimate of drug-likeness (QED) is 0.748. The summed E-state index contributed by atoms with van der Waals surface area (Å²) >= 11 is 0. The molecule has 0 aliphatic heterocycles. The largest absolute Gasteiger partial charge is 0.412 e. The number of nitrogens with one attached hydrogen (secondary N) is 1. The minimum absolute atomic E-state index is 0.446. The van der Waals surface area contributed by atoms with E-state index in [1.165, 1.54) is 7.05 Å². The molecule has 0 aliphatic rings. The lowest BCUT2D eigenvalue weighted by Crippen LogP contribution is -2.21. The van der Waals surface area contributed by atoms with Crippen molar-refractivity contribution in [2.24, 2.45) is 0 Å². The molecule has 1 amide bonds. The predicted octanol–water partition coefficient (Wildman–Crippen LogP) is 2.74. The minimum Gasteiger partial charge on any atom is -0.410 e. The average molecular weight is 195 g/mol. The Labute approximate surface area is 85.1 Å². The second-order valence-corrected chi connectivity index (χ2v) is 2.45. The third-order valence-corrected chi connectivity index (χ3v) is 1.44. The Morgan fingerprint density at radius 1 is 1.21 bits per heavy atom. The topological polar surface area (TPSA) is 38.3 Å². The first kappa shape index (κ1) is 12.5. The second-order valence-electron chi connectivity index (χ2n) is 2.45. The zero-order chi connectivity index (χ0) is 11.0. The second kappa shape index (κ2) is 6.95. The summed E-state index contributed by atoms with van der Waals surface area (Å²) in [5, 5.41) is 2.37. The normalized spacial score (nSPS) is 8.29. The van der Waals surface area contributed by atoms with Crippen LogP contribution in [-0.4, -0.2) is 13.1 Å². The van der Waals surface area contributed by atoms with E-state index in [4.69, 9.17) is 4.74 Å². The van der Waals surface area contributed by atoms with Crippen molar-refractivity contribution in [2.75, 3.05) is 7.05 Å². The summed E-state index contributed by atoms with van der Waals surface area (Å²) in [6.45, 7) is 5.98. The summed E-state index contributed by atoms with van der Waals surface area (Å²) in [6.07, 6.45) is -0.446. The third kappa shape index (κ3) is 4.50. The van der Waals surface area contributed by atoms with Gasteiger partial charge in [0.1, 0.15) is 5.75 Å². The lowest BCUT2D eigenvalue weighted by atomic mass is 10.2. The molecule has 3 nitrogen and oxygen atoms in total. The summed E-state index contributed by atoms with van der Waals surface area (Å²) in [6, 6.07) is 7.28. The first-order valence-corrected chi connectivity index (χ1v) is 4.68. The van der Waals surface area contributed by atoms with Gasteiger partial charge >= 0.3 is 6.09 Å². The van der Waals surface area contributed by atoms with E-state index in [0.29, 0.717) is 5.75 Å². The Morgan fingerprint density at radius 3 is 2.14 bits per heavy atom. The van der Waals surface area contributed by atoms with E-state index in [1.807, 2.05) is 32.9 Å². The Kier molecular flexibility index (Phi) is 6.20. The maximum atomic E-state index is 10.7. The van der Waals surface area contributed by atoms with Gasteiger partial charge in [-0.25, -0.2) is 4.79 Å². The van der Waals surface area contributed by atoms with E-state index in [0.717, 1.165) is 5.56 Å². The van der Waals surface area contributed by atoms with Crippen LogP contribution >= 0.6 is 0 Å². The van der Waals surface area contributed by atoms with E-state index in [2.05, 4.69) is 5.32 Å². The summed E-state index contributed by atoms with van der Waals surface area (Å²) in [5.41, 5.74) is 1.14. The number of amides is 1. The molecular weight excluding hydrogens is 178 g/mol. The molecule has 0 spiro atoms. The Hall–Kier alpha value is -1.51. The van der Waals surface area contributed by atoms with Crippen molar-refractivity contribution in [1.82, 2.24) is 5.32 Å². The average Bonchev–Trinajstić information content (AvgIpc) is 2.24. The molecule has 0 fully saturated rings. The number of ether oxygens (including phenoxy) is 1. The molecule has 0 aromatic heterocycles. The number of aryl methyl sites for hydroxylation is 1. The summed E-state index contributed by atoms with van der Waals surface area (Å²) in [7, 11) is 1.52. The Morgan fingerprint density at radius 2 is 1.71 bits per heavy atom. The highest BCUT2D eigenvalue weighted by atomic mass is 16.5. The van der Waals surface area contributed by atoms with Crippen molar-refractivity contribution < 1.29 is 9.53 Å². The number of carbonyl (C=O) groups excluding carboxylic acids is 1. The fourth-order valence-corrected chi connectivity index (χ4v) is 0.764. The van der Waals surface area contributed by atoms with Gasteiger partial charge in [-0.1, -0.05) is 31.5 Å². The molecule has 78 valence electrons. The van der Waals surface area contributed by atoms with Crippen LogP contribution in [0.25, 0.3) is 0 Å². The minimum atomic E-state index is -0.446. The number of hydrogen-bond acceptors (Lipinski definition) is 2. The monoisotopic (exact) mass is 195 g/mol. The Bertz CT molecular complexity index is 267. The molecule has 1 aromatic rings. The van der Waals surface area contributed by atoms with Gasteiger partial charge in [-0.15, -0.1) is 0 Å². The predicted molar refractivity (Wildman–Crippen MR) is 57.6 cm³/mol. The number of carbonyl (C=O) groups is 1. The molecule has 0 heterocycles. The summed E-state index contributed by atoms with van der Waals surface area (Å²) < 4.78 is 4.87. The molecule has 0 bridgehead atoms. The smallest absolute Gasteiger partial charge is 0.410 e. The van der Waals surface area contributed by atoms with E-state index < -0.39 is 6.09 Å². The molecule has 1 rings (SSSR count). The standard InChI is InChI=1S/C9H11NO2.C2H6/c1-7-3-5-8(6-4-7)12-9(11)10-2;1-2/h3-6H,1-2H3,(H,10,11);1-2H3. The SMILES string of the molecule is CC.CNC(=O)Oc1ccc(C)cc1. The molecule has 0 unspecified atom stereocenters. The van der Waals surface area contributed by atoms with Crippen molar-refractivity contribution in [1.29, 1.82) is 0 Å². The highest BCUT2D eigenvalue weighted by Crippen LogP contribution is 2.10. The zero-order valence-corrected chi connectivity index (χ0v) is 9.13. The molecule has 1 aromatic carbocycles. The van der Waals surface area contributed by atoms with Gasteiger partial charge in [0.15, 0.2) is 0 Å². The van der Waals surface area contributed by atoms with E-state index in [1.54, 1.807) is 12.1 Å². The van der Waals surface area contributed by atoms with Crippen LogP contribution in [0.5, 0.6) is 5.75 Å². The van der Waals surface area contributed by atoms with Gasteiger partial charge in [0.25, 0.3) is 0 Å². The van der Waals surface area contributed by atoms with Crippen molar-refractivity contribution >= 4 is 6.09 Å². The van der Waals surface area contributed by atoms with E-state index >= 15 is 0 Å². The van der Waals surface area contributed by atoms with Gasteiger partial charge in [0.05, 0.1) is 0 Å². The van der Waals surface area contributed by atoms with Crippen LogP contribution in [0.4, 0.5) is 4.79 Å². The zero-order valence-electron chi connectivity index (χ0n) is 9.13. The molecule has 0 radical (unpaired) electrons. The number of benzene rings is 1. The maximum absolute atomic E-state index is 10.7. The fourth-order valence-electron chi connectivity index (χ4n) is 0.764. The van der Waals surface area contributed by atoms with Crippen LogP contribution in [0.2, 0.25) is 0 Å². The molecule has 0 aliphatic carbocycles. The highest BCUT2D eigenvalue weighted by molar-refractivity contribution is 5.69. The Balaban J connectivity index is 0.000000791. The van der Waals surface area contributed by atoms with Crippen LogP contribution < -0.4 is 10.1 Å². The van der Waals surface area contributed by atoms with Crippen molar-refractivity contribution in [2.45, 2.75) is 20.8 Å².